The molecule has 0 bridgehead atoms. The number of carbonyl (C=O) groups is 2. The number of ketones is 1. The predicted molar refractivity (Wildman–Crippen MR) is 121 cm³/mol. The highest BCUT2D eigenvalue weighted by Gasteiger charge is 2.53. The molecule has 0 aliphatic rings. The van der Waals surface area contributed by atoms with E-state index in [0.717, 1.165) is 15.9 Å². The van der Waals surface area contributed by atoms with Gasteiger partial charge in [0, 0.05) is 6.08 Å². The van der Waals surface area contributed by atoms with Crippen molar-refractivity contribution in [1.82, 2.24) is 0 Å². The third-order valence-corrected chi connectivity index (χ3v) is 9.65. The van der Waals surface area contributed by atoms with Crippen LogP contribution in [0.1, 0.15) is 6.92 Å². The minimum Gasteiger partial charge on any atom is -0.466 e. The Labute approximate surface area is 172 Å². The monoisotopic (exact) mass is 403 g/mol. The van der Waals surface area contributed by atoms with Crippen LogP contribution in [0.5, 0.6) is 0 Å². The molecule has 4 heteroatoms. The molecule has 1 unspecified atom stereocenters. The van der Waals surface area contributed by atoms with Gasteiger partial charge < -0.3 is 4.74 Å². The highest BCUT2D eigenvalue weighted by Crippen LogP contribution is 2.60. The molecule has 0 aliphatic heterocycles. The first kappa shape index (κ1) is 20.7. The highest BCUT2D eigenvalue weighted by atomic mass is 31.2. The van der Waals surface area contributed by atoms with Gasteiger partial charge in [-0.2, -0.15) is 0 Å². The van der Waals surface area contributed by atoms with Crippen LogP contribution < -0.4 is 15.9 Å². The Morgan fingerprint density at radius 1 is 0.759 bits per heavy atom. The van der Waals surface area contributed by atoms with Crippen molar-refractivity contribution in [3.05, 3.63) is 103 Å². The second-order valence-electron chi connectivity index (χ2n) is 6.67. The molecule has 146 valence electrons. The largest absolute Gasteiger partial charge is 0.466 e. The van der Waals surface area contributed by atoms with Crippen LogP contribution in [0, 0.1) is 0 Å². The summed E-state index contributed by atoms with van der Waals surface area (Å²) in [6.07, 6.45) is 3.09. The summed E-state index contributed by atoms with van der Waals surface area (Å²) in [4.78, 5) is 24.9. The number of rotatable bonds is 7. The summed E-state index contributed by atoms with van der Waals surface area (Å²) in [6.45, 7) is 1.59. The summed E-state index contributed by atoms with van der Waals surface area (Å²) in [6, 6.07) is 30.4. The Morgan fingerprint density at radius 2 is 1.14 bits per heavy atom. The SMILES string of the molecule is COC(=O)C=CC(C(C)=O)[P+](c1ccccc1)(c1ccccc1)c1ccccc1. The topological polar surface area (TPSA) is 43.4 Å². The molecule has 0 saturated carbocycles. The maximum Gasteiger partial charge on any atom is 0.330 e. The van der Waals surface area contributed by atoms with Crippen LogP contribution in [0.15, 0.2) is 103 Å². The van der Waals surface area contributed by atoms with Crippen LogP contribution in [-0.2, 0) is 14.3 Å². The van der Waals surface area contributed by atoms with Gasteiger partial charge in [0.25, 0.3) is 0 Å². The standard InChI is InChI=1S/C25H24O3P/c1-20(26)24(18-19-25(27)28-2)29(21-12-6-3-7-13-21,22-14-8-4-9-15-22)23-16-10-5-11-17-23/h3-19,24H,1-2H3/q+1. The number of ether oxygens (including phenoxy) is 1. The molecule has 1 atom stereocenters. The van der Waals surface area contributed by atoms with E-state index < -0.39 is 18.9 Å². The van der Waals surface area contributed by atoms with Crippen LogP contribution in [0.4, 0.5) is 0 Å². The van der Waals surface area contributed by atoms with Crippen LogP contribution in [0.25, 0.3) is 0 Å². The number of carbonyl (C=O) groups excluding carboxylic acids is 2. The van der Waals surface area contributed by atoms with Gasteiger partial charge in [-0.25, -0.2) is 4.79 Å². The predicted octanol–water partition coefficient (Wildman–Crippen LogP) is 3.67. The lowest BCUT2D eigenvalue weighted by atomic mass is 10.3. The second-order valence-corrected chi connectivity index (χ2v) is 10.2. The molecular formula is C25H24O3P+. The molecule has 3 rings (SSSR count). The van der Waals surface area contributed by atoms with Crippen molar-refractivity contribution < 1.29 is 14.3 Å². The van der Waals surface area contributed by atoms with Gasteiger partial charge in [0.15, 0.2) is 11.4 Å². The van der Waals surface area contributed by atoms with E-state index in [0.29, 0.717) is 0 Å². The fourth-order valence-corrected chi connectivity index (χ4v) is 8.37. The summed E-state index contributed by atoms with van der Waals surface area (Å²) in [5.74, 6) is -0.460. The summed E-state index contributed by atoms with van der Waals surface area (Å²) in [7, 11) is -1.09. The van der Waals surface area contributed by atoms with Crippen molar-refractivity contribution in [3.8, 4) is 0 Å². The molecule has 3 aromatic rings. The molecule has 0 saturated heterocycles. The maximum absolute atomic E-state index is 13.0. The van der Waals surface area contributed by atoms with E-state index in [-0.39, 0.29) is 5.78 Å². The van der Waals surface area contributed by atoms with Gasteiger partial charge in [0.05, 0.1) is 7.11 Å². The van der Waals surface area contributed by atoms with Gasteiger partial charge in [-0.3, -0.25) is 4.79 Å². The lowest BCUT2D eigenvalue weighted by Gasteiger charge is -2.32. The van der Waals surface area contributed by atoms with Crippen LogP contribution in [0.2, 0.25) is 0 Å². The molecular weight excluding hydrogens is 379 g/mol. The Hall–Kier alpha value is -3.03. The third kappa shape index (κ3) is 4.21. The van der Waals surface area contributed by atoms with Crippen LogP contribution in [0.3, 0.4) is 0 Å². The highest BCUT2D eigenvalue weighted by molar-refractivity contribution is 7.97. The van der Waals surface area contributed by atoms with E-state index >= 15 is 0 Å². The van der Waals surface area contributed by atoms with Gasteiger partial charge in [-0.05, 0) is 49.4 Å². The first-order valence-electron chi connectivity index (χ1n) is 9.43. The number of hydrogen-bond donors (Lipinski definition) is 0. The van der Waals surface area contributed by atoms with Gasteiger partial charge in [0.1, 0.15) is 23.2 Å². The van der Waals surface area contributed by atoms with E-state index in [1.807, 2.05) is 54.6 Å². The quantitative estimate of drug-likeness (QED) is 0.344. The number of esters is 1. The Morgan fingerprint density at radius 3 is 1.45 bits per heavy atom. The maximum atomic E-state index is 13.0. The molecule has 0 fully saturated rings. The van der Waals surface area contributed by atoms with Crippen molar-refractivity contribution in [3.63, 3.8) is 0 Å². The molecule has 3 nitrogen and oxygen atoms in total. The fourth-order valence-electron chi connectivity index (χ4n) is 3.69. The van der Waals surface area contributed by atoms with E-state index in [2.05, 4.69) is 36.4 Å². The molecule has 3 aromatic carbocycles. The Bertz CT molecular complexity index is 886. The average molecular weight is 403 g/mol. The lowest BCUT2D eigenvalue weighted by Crippen LogP contribution is -2.41. The van der Waals surface area contributed by atoms with Crippen LogP contribution >= 0.6 is 7.26 Å². The zero-order valence-corrected chi connectivity index (χ0v) is 17.5. The number of methoxy groups -OCH3 is 1. The molecule has 0 amide bonds. The number of benzene rings is 3. The smallest absolute Gasteiger partial charge is 0.330 e. The molecule has 0 N–H and O–H groups in total. The zero-order chi connectivity index (χ0) is 20.7. The minimum atomic E-state index is -2.43. The van der Waals surface area contributed by atoms with E-state index in [1.54, 1.807) is 13.0 Å². The van der Waals surface area contributed by atoms with Crippen molar-refractivity contribution in [2.24, 2.45) is 0 Å². The summed E-state index contributed by atoms with van der Waals surface area (Å²) < 4.78 is 4.79. The Balaban J connectivity index is 2.39. The van der Waals surface area contributed by atoms with Crippen molar-refractivity contribution in [2.45, 2.75) is 12.6 Å². The molecule has 29 heavy (non-hydrogen) atoms. The van der Waals surface area contributed by atoms with Crippen molar-refractivity contribution >= 4 is 34.9 Å². The minimum absolute atomic E-state index is 0.00930. The molecule has 0 radical (unpaired) electrons. The van der Waals surface area contributed by atoms with Gasteiger partial charge in [-0.15, -0.1) is 0 Å². The van der Waals surface area contributed by atoms with E-state index in [4.69, 9.17) is 4.74 Å². The number of allylic oxidation sites excluding steroid dienone is 1. The Kier molecular flexibility index (Phi) is 6.74. The number of hydrogen-bond acceptors (Lipinski definition) is 3. The number of Topliss-reactive ketones (excluding diaryl/α,β-unsaturated/α-hetero) is 1. The van der Waals surface area contributed by atoms with E-state index in [1.165, 1.54) is 13.2 Å². The normalized spacial score (nSPS) is 12.5. The summed E-state index contributed by atoms with van der Waals surface area (Å²) >= 11 is 0. The first-order chi connectivity index (χ1) is 14.1. The van der Waals surface area contributed by atoms with Gasteiger partial charge in [-0.1, -0.05) is 54.6 Å². The average Bonchev–Trinajstić information content (AvgIpc) is 2.78. The fraction of sp³-hybridized carbons (Fsp3) is 0.120. The van der Waals surface area contributed by atoms with Crippen LogP contribution in [-0.4, -0.2) is 24.5 Å². The van der Waals surface area contributed by atoms with Crippen molar-refractivity contribution in [1.29, 1.82) is 0 Å². The van der Waals surface area contributed by atoms with Gasteiger partial charge in [0.2, 0.25) is 0 Å². The first-order valence-corrected chi connectivity index (χ1v) is 11.3. The zero-order valence-electron chi connectivity index (χ0n) is 16.6. The van der Waals surface area contributed by atoms with E-state index in [9.17, 15) is 9.59 Å². The summed E-state index contributed by atoms with van der Waals surface area (Å²) in [5.41, 5.74) is -0.492. The lowest BCUT2D eigenvalue weighted by molar-refractivity contribution is -0.134. The second kappa shape index (κ2) is 9.45. The third-order valence-electron chi connectivity index (χ3n) is 4.94. The molecule has 0 aliphatic carbocycles. The van der Waals surface area contributed by atoms with Gasteiger partial charge >= 0.3 is 5.97 Å². The molecule has 0 aromatic heterocycles. The van der Waals surface area contributed by atoms with Crippen molar-refractivity contribution in [2.75, 3.05) is 7.11 Å². The summed E-state index contributed by atoms with van der Waals surface area (Å²) in [5, 5.41) is 3.27. The molecule has 0 heterocycles. The molecule has 0 spiro atoms.